The summed E-state index contributed by atoms with van der Waals surface area (Å²) in [5.74, 6) is 0.598. The Kier molecular flexibility index (Phi) is 5.45. The summed E-state index contributed by atoms with van der Waals surface area (Å²) in [6.45, 7) is 7.14. The molecular formula is C19H31NO. The lowest BCUT2D eigenvalue weighted by molar-refractivity contribution is 0.00600. The molecule has 3 N–H and O–H groups in total. The van der Waals surface area contributed by atoms with Crippen LogP contribution in [-0.4, -0.2) is 17.8 Å². The molecule has 1 aliphatic carbocycles. The van der Waals surface area contributed by atoms with Crippen molar-refractivity contribution in [1.82, 2.24) is 0 Å². The maximum absolute atomic E-state index is 11.0. The van der Waals surface area contributed by atoms with Crippen LogP contribution in [0.4, 0.5) is 0 Å². The molecule has 0 spiro atoms. The van der Waals surface area contributed by atoms with Gasteiger partial charge in [-0.1, -0.05) is 57.9 Å². The summed E-state index contributed by atoms with van der Waals surface area (Å²) in [6.07, 6.45) is 5.51. The summed E-state index contributed by atoms with van der Waals surface area (Å²) in [6, 6.07) is 8.69. The van der Waals surface area contributed by atoms with Gasteiger partial charge in [-0.05, 0) is 41.7 Å². The van der Waals surface area contributed by atoms with Crippen LogP contribution < -0.4 is 5.73 Å². The van der Waals surface area contributed by atoms with Gasteiger partial charge in [0.2, 0.25) is 0 Å². The van der Waals surface area contributed by atoms with Crippen molar-refractivity contribution < 1.29 is 5.11 Å². The van der Waals surface area contributed by atoms with Gasteiger partial charge in [0.1, 0.15) is 0 Å². The molecule has 2 nitrogen and oxygen atoms in total. The van der Waals surface area contributed by atoms with Crippen molar-refractivity contribution in [2.24, 2.45) is 11.1 Å². The zero-order chi connectivity index (χ0) is 15.5. The molecule has 2 rings (SSSR count). The molecule has 21 heavy (non-hydrogen) atoms. The van der Waals surface area contributed by atoms with E-state index in [4.69, 9.17) is 5.73 Å². The minimum atomic E-state index is -0.320. The SMILES string of the molecule is CCC1(C(O)C(CN)c2ccc(C(C)C)cc2)CCCC1. The average Bonchev–Trinajstić information content (AvgIpc) is 2.98. The number of rotatable bonds is 6. The van der Waals surface area contributed by atoms with Gasteiger partial charge < -0.3 is 10.8 Å². The van der Waals surface area contributed by atoms with E-state index in [9.17, 15) is 5.11 Å². The highest BCUT2D eigenvalue weighted by Gasteiger charge is 2.42. The first-order valence-corrected chi connectivity index (χ1v) is 8.52. The van der Waals surface area contributed by atoms with Crippen molar-refractivity contribution in [3.8, 4) is 0 Å². The molecule has 1 aliphatic rings. The quantitative estimate of drug-likeness (QED) is 0.825. The minimum absolute atomic E-state index is 0.0595. The van der Waals surface area contributed by atoms with Gasteiger partial charge >= 0.3 is 0 Å². The van der Waals surface area contributed by atoms with Gasteiger partial charge in [-0.15, -0.1) is 0 Å². The number of nitrogens with two attached hydrogens (primary N) is 1. The van der Waals surface area contributed by atoms with Crippen LogP contribution in [0.5, 0.6) is 0 Å². The molecule has 118 valence electrons. The molecule has 1 aromatic carbocycles. The monoisotopic (exact) mass is 289 g/mol. The second-order valence-electron chi connectivity index (χ2n) is 7.03. The number of aliphatic hydroxyl groups excluding tert-OH is 1. The molecule has 0 saturated heterocycles. The Labute approximate surface area is 129 Å². The van der Waals surface area contributed by atoms with Crippen LogP contribution in [0.25, 0.3) is 0 Å². The minimum Gasteiger partial charge on any atom is -0.392 e. The lowest BCUT2D eigenvalue weighted by Crippen LogP contribution is -2.40. The summed E-state index contributed by atoms with van der Waals surface area (Å²) in [5, 5.41) is 11.0. The third-order valence-electron chi connectivity index (χ3n) is 5.60. The Bertz CT molecular complexity index is 431. The number of benzene rings is 1. The molecule has 2 atom stereocenters. The Hall–Kier alpha value is -0.860. The van der Waals surface area contributed by atoms with E-state index < -0.39 is 0 Å². The molecule has 0 aromatic heterocycles. The molecule has 2 unspecified atom stereocenters. The first-order chi connectivity index (χ1) is 10.0. The summed E-state index contributed by atoms with van der Waals surface area (Å²) >= 11 is 0. The predicted molar refractivity (Wildman–Crippen MR) is 89.5 cm³/mol. The summed E-state index contributed by atoms with van der Waals surface area (Å²) in [4.78, 5) is 0. The van der Waals surface area contributed by atoms with Gasteiger partial charge in [0.25, 0.3) is 0 Å². The molecule has 0 radical (unpaired) electrons. The Morgan fingerprint density at radius 2 is 1.62 bits per heavy atom. The van der Waals surface area contributed by atoms with Crippen molar-refractivity contribution in [2.75, 3.05) is 6.54 Å². The van der Waals surface area contributed by atoms with Crippen molar-refractivity contribution in [3.05, 3.63) is 35.4 Å². The van der Waals surface area contributed by atoms with E-state index in [1.165, 1.54) is 24.0 Å². The van der Waals surface area contributed by atoms with E-state index in [-0.39, 0.29) is 17.4 Å². The van der Waals surface area contributed by atoms with Crippen LogP contribution in [-0.2, 0) is 0 Å². The number of aliphatic hydroxyl groups is 1. The highest BCUT2D eigenvalue weighted by atomic mass is 16.3. The van der Waals surface area contributed by atoms with E-state index in [1.54, 1.807) is 0 Å². The first-order valence-electron chi connectivity index (χ1n) is 8.52. The molecule has 0 aliphatic heterocycles. The van der Waals surface area contributed by atoms with Gasteiger partial charge in [0, 0.05) is 12.5 Å². The molecular weight excluding hydrogens is 258 g/mol. The van der Waals surface area contributed by atoms with Crippen molar-refractivity contribution in [2.45, 2.75) is 70.8 Å². The van der Waals surface area contributed by atoms with Gasteiger partial charge in [0.15, 0.2) is 0 Å². The summed E-state index contributed by atoms with van der Waals surface area (Å²) in [5.41, 5.74) is 8.64. The van der Waals surface area contributed by atoms with Gasteiger partial charge in [0.05, 0.1) is 6.10 Å². The first kappa shape index (κ1) is 16.5. The van der Waals surface area contributed by atoms with Crippen LogP contribution in [0.1, 0.15) is 75.8 Å². The number of hydrogen-bond acceptors (Lipinski definition) is 2. The van der Waals surface area contributed by atoms with Crippen LogP contribution in [0.3, 0.4) is 0 Å². The molecule has 0 amide bonds. The van der Waals surface area contributed by atoms with E-state index in [0.29, 0.717) is 12.5 Å². The third-order valence-corrected chi connectivity index (χ3v) is 5.60. The second-order valence-corrected chi connectivity index (χ2v) is 7.03. The highest BCUT2D eigenvalue weighted by molar-refractivity contribution is 5.28. The fourth-order valence-corrected chi connectivity index (χ4v) is 3.94. The molecule has 1 aromatic rings. The molecule has 1 fully saturated rings. The highest BCUT2D eigenvalue weighted by Crippen LogP contribution is 2.47. The molecule has 0 heterocycles. The Morgan fingerprint density at radius 3 is 2.05 bits per heavy atom. The van der Waals surface area contributed by atoms with Crippen molar-refractivity contribution >= 4 is 0 Å². The van der Waals surface area contributed by atoms with Crippen LogP contribution in [0.15, 0.2) is 24.3 Å². The van der Waals surface area contributed by atoms with Crippen LogP contribution in [0.2, 0.25) is 0 Å². The van der Waals surface area contributed by atoms with E-state index in [1.807, 2.05) is 0 Å². The zero-order valence-corrected chi connectivity index (χ0v) is 13.8. The molecule has 2 heteroatoms. The fraction of sp³-hybridized carbons (Fsp3) is 0.684. The third kappa shape index (κ3) is 3.32. The van der Waals surface area contributed by atoms with Gasteiger partial charge in [-0.25, -0.2) is 0 Å². The number of hydrogen-bond donors (Lipinski definition) is 2. The van der Waals surface area contributed by atoms with E-state index >= 15 is 0 Å². The predicted octanol–water partition coefficient (Wildman–Crippen LogP) is 4.18. The maximum Gasteiger partial charge on any atom is 0.0676 e. The fourth-order valence-electron chi connectivity index (χ4n) is 3.94. The molecule has 1 saturated carbocycles. The lowest BCUT2D eigenvalue weighted by Gasteiger charge is -2.38. The lowest BCUT2D eigenvalue weighted by atomic mass is 9.71. The van der Waals surface area contributed by atoms with Crippen molar-refractivity contribution in [1.29, 1.82) is 0 Å². The van der Waals surface area contributed by atoms with E-state index in [0.717, 1.165) is 19.3 Å². The summed E-state index contributed by atoms with van der Waals surface area (Å²) < 4.78 is 0. The zero-order valence-electron chi connectivity index (χ0n) is 13.8. The van der Waals surface area contributed by atoms with Crippen LogP contribution in [0, 0.1) is 5.41 Å². The van der Waals surface area contributed by atoms with Crippen molar-refractivity contribution in [3.63, 3.8) is 0 Å². The Balaban J connectivity index is 2.22. The largest absolute Gasteiger partial charge is 0.392 e. The maximum atomic E-state index is 11.0. The molecule has 0 bridgehead atoms. The van der Waals surface area contributed by atoms with Gasteiger partial charge in [-0.3, -0.25) is 0 Å². The second kappa shape index (κ2) is 6.93. The Morgan fingerprint density at radius 1 is 1.10 bits per heavy atom. The van der Waals surface area contributed by atoms with Gasteiger partial charge in [-0.2, -0.15) is 0 Å². The average molecular weight is 289 g/mol. The standard InChI is InChI=1S/C19H31NO/c1-4-19(11-5-6-12-19)18(21)17(13-20)16-9-7-15(8-10-16)14(2)3/h7-10,14,17-18,21H,4-6,11-13,20H2,1-3H3. The normalized spacial score (nSPS) is 20.7. The smallest absolute Gasteiger partial charge is 0.0676 e. The topological polar surface area (TPSA) is 46.2 Å². The van der Waals surface area contributed by atoms with Crippen LogP contribution >= 0.6 is 0 Å². The summed E-state index contributed by atoms with van der Waals surface area (Å²) in [7, 11) is 0. The van der Waals surface area contributed by atoms with E-state index in [2.05, 4.69) is 45.0 Å².